The fourth-order valence-corrected chi connectivity index (χ4v) is 3.64. The smallest absolute Gasteiger partial charge is 0.207 e. The molecule has 0 spiro atoms. The molecule has 0 aliphatic heterocycles. The van der Waals surface area contributed by atoms with E-state index in [1.165, 1.54) is 32.1 Å². The van der Waals surface area contributed by atoms with Crippen molar-refractivity contribution in [2.75, 3.05) is 11.9 Å². The summed E-state index contributed by atoms with van der Waals surface area (Å²) in [6, 6.07) is -0.0904. The van der Waals surface area contributed by atoms with Crippen LogP contribution in [0.15, 0.2) is 5.16 Å². The molecule has 0 radical (unpaired) electrons. The van der Waals surface area contributed by atoms with Gasteiger partial charge in [0, 0.05) is 11.3 Å². The summed E-state index contributed by atoms with van der Waals surface area (Å²) in [5, 5.41) is 24.4. The zero-order chi connectivity index (χ0) is 14.7. The molecule has 0 bridgehead atoms. The Bertz CT molecular complexity index is 597. The van der Waals surface area contributed by atoms with E-state index in [1.54, 1.807) is 11.8 Å². The molecule has 0 amide bonds. The first-order valence-corrected chi connectivity index (χ1v) is 8.27. The highest BCUT2D eigenvalue weighted by Gasteiger charge is 2.19. The predicted molar refractivity (Wildman–Crippen MR) is 82.4 cm³/mol. The van der Waals surface area contributed by atoms with Crippen LogP contribution in [-0.2, 0) is 0 Å². The second-order valence-corrected chi connectivity index (χ2v) is 6.72. The standard InChI is InChI=1S/C13H20N6OS/c1-8(7-20)14-11-10-12(18-19-17-10)16-13(15-11)21-9-5-3-2-4-6-9/h8-9,20H,2-7H2,1H3,(H2,14,15,16,17,18,19)/t8-/m1/s1. The van der Waals surface area contributed by atoms with E-state index in [9.17, 15) is 5.11 Å². The van der Waals surface area contributed by atoms with Gasteiger partial charge in [0.15, 0.2) is 16.5 Å². The van der Waals surface area contributed by atoms with Crippen molar-refractivity contribution in [1.82, 2.24) is 25.4 Å². The number of hydrogen-bond donors (Lipinski definition) is 3. The number of thioether (sulfide) groups is 1. The minimum Gasteiger partial charge on any atom is -0.394 e. The third-order valence-electron chi connectivity index (χ3n) is 3.64. The van der Waals surface area contributed by atoms with E-state index in [1.807, 2.05) is 6.92 Å². The Labute approximate surface area is 127 Å². The zero-order valence-electron chi connectivity index (χ0n) is 12.0. The Morgan fingerprint density at radius 1 is 1.29 bits per heavy atom. The topological polar surface area (TPSA) is 99.6 Å². The summed E-state index contributed by atoms with van der Waals surface area (Å²) in [7, 11) is 0. The van der Waals surface area contributed by atoms with Gasteiger partial charge in [0.05, 0.1) is 6.61 Å². The SMILES string of the molecule is C[C@H](CO)Nc1nc(SC2CCCCC2)nc2n[nH]nc12. The average molecular weight is 308 g/mol. The molecule has 114 valence electrons. The van der Waals surface area contributed by atoms with Gasteiger partial charge >= 0.3 is 0 Å². The van der Waals surface area contributed by atoms with Crippen molar-refractivity contribution >= 4 is 28.7 Å². The lowest BCUT2D eigenvalue weighted by atomic mass is 10.0. The van der Waals surface area contributed by atoms with Gasteiger partial charge in [-0.15, -0.1) is 5.10 Å². The van der Waals surface area contributed by atoms with Crippen LogP contribution in [0.25, 0.3) is 11.2 Å². The van der Waals surface area contributed by atoms with Crippen LogP contribution in [0.4, 0.5) is 5.82 Å². The second kappa shape index (κ2) is 6.57. The number of aromatic nitrogens is 5. The van der Waals surface area contributed by atoms with Crippen LogP contribution in [0.3, 0.4) is 0 Å². The van der Waals surface area contributed by atoms with Crippen LogP contribution in [0.2, 0.25) is 0 Å². The molecule has 2 aromatic rings. The van der Waals surface area contributed by atoms with Crippen LogP contribution in [0.5, 0.6) is 0 Å². The molecule has 1 saturated carbocycles. The van der Waals surface area contributed by atoms with Gasteiger partial charge in [0.25, 0.3) is 0 Å². The molecule has 2 aromatic heterocycles. The Kier molecular flexibility index (Phi) is 4.54. The molecular formula is C13H20N6OS. The van der Waals surface area contributed by atoms with Crippen LogP contribution < -0.4 is 5.32 Å². The van der Waals surface area contributed by atoms with Gasteiger partial charge in [0.2, 0.25) is 5.65 Å². The molecule has 21 heavy (non-hydrogen) atoms. The van der Waals surface area contributed by atoms with Crippen molar-refractivity contribution < 1.29 is 5.11 Å². The molecule has 7 nitrogen and oxygen atoms in total. The Morgan fingerprint density at radius 3 is 2.86 bits per heavy atom. The number of nitrogens with zero attached hydrogens (tertiary/aromatic N) is 4. The highest BCUT2D eigenvalue weighted by atomic mass is 32.2. The summed E-state index contributed by atoms with van der Waals surface area (Å²) in [6.45, 7) is 1.93. The van der Waals surface area contributed by atoms with E-state index in [4.69, 9.17) is 0 Å². The third-order valence-corrected chi connectivity index (χ3v) is 4.84. The first-order valence-electron chi connectivity index (χ1n) is 7.39. The van der Waals surface area contributed by atoms with Crippen LogP contribution in [0.1, 0.15) is 39.0 Å². The van der Waals surface area contributed by atoms with Gasteiger partial charge < -0.3 is 10.4 Å². The summed E-state index contributed by atoms with van der Waals surface area (Å²) in [4.78, 5) is 9.03. The van der Waals surface area contributed by atoms with E-state index in [0.29, 0.717) is 22.2 Å². The number of aromatic amines is 1. The molecule has 1 aliphatic carbocycles. The van der Waals surface area contributed by atoms with Crippen LogP contribution >= 0.6 is 11.8 Å². The highest BCUT2D eigenvalue weighted by Crippen LogP contribution is 2.33. The number of rotatable bonds is 5. The van der Waals surface area contributed by atoms with Crippen LogP contribution in [0, 0.1) is 0 Å². The first kappa shape index (κ1) is 14.5. The van der Waals surface area contributed by atoms with E-state index in [2.05, 4.69) is 30.7 Å². The lowest BCUT2D eigenvalue weighted by Crippen LogP contribution is -2.20. The van der Waals surface area contributed by atoms with Crippen molar-refractivity contribution in [3.8, 4) is 0 Å². The monoisotopic (exact) mass is 308 g/mol. The lowest BCUT2D eigenvalue weighted by molar-refractivity contribution is 0.281. The highest BCUT2D eigenvalue weighted by molar-refractivity contribution is 7.99. The quantitative estimate of drug-likeness (QED) is 0.726. The molecular weight excluding hydrogens is 288 g/mol. The maximum atomic E-state index is 9.19. The normalized spacial score (nSPS) is 18.0. The number of anilines is 1. The van der Waals surface area contributed by atoms with Crippen molar-refractivity contribution in [1.29, 1.82) is 0 Å². The molecule has 3 N–H and O–H groups in total. The summed E-state index contributed by atoms with van der Waals surface area (Å²) in [5.41, 5.74) is 1.18. The molecule has 8 heteroatoms. The van der Waals surface area contributed by atoms with Gasteiger partial charge in [-0.05, 0) is 19.8 Å². The van der Waals surface area contributed by atoms with Gasteiger partial charge in [-0.2, -0.15) is 15.3 Å². The van der Waals surface area contributed by atoms with Crippen molar-refractivity contribution in [3.05, 3.63) is 0 Å². The summed E-state index contributed by atoms with van der Waals surface area (Å²) in [5.74, 6) is 0.633. The largest absolute Gasteiger partial charge is 0.394 e. The number of H-pyrrole nitrogens is 1. The minimum atomic E-state index is -0.0904. The zero-order valence-corrected chi connectivity index (χ0v) is 12.9. The third kappa shape index (κ3) is 3.44. The Balaban J connectivity index is 1.84. The molecule has 0 aromatic carbocycles. The van der Waals surface area contributed by atoms with Crippen molar-refractivity contribution in [2.24, 2.45) is 0 Å². The number of hydrogen-bond acceptors (Lipinski definition) is 7. The van der Waals surface area contributed by atoms with E-state index < -0.39 is 0 Å². The lowest BCUT2D eigenvalue weighted by Gasteiger charge is -2.20. The predicted octanol–water partition coefficient (Wildman–Crippen LogP) is 1.97. The number of fused-ring (bicyclic) bond motifs is 1. The molecule has 1 atom stereocenters. The van der Waals surface area contributed by atoms with Crippen molar-refractivity contribution in [3.63, 3.8) is 0 Å². The molecule has 0 unspecified atom stereocenters. The Morgan fingerprint density at radius 2 is 2.10 bits per heavy atom. The fourth-order valence-electron chi connectivity index (χ4n) is 2.49. The molecule has 1 aliphatic rings. The fraction of sp³-hybridized carbons (Fsp3) is 0.692. The second-order valence-electron chi connectivity index (χ2n) is 5.46. The van der Waals surface area contributed by atoms with Crippen molar-refractivity contribution in [2.45, 2.75) is 55.5 Å². The maximum Gasteiger partial charge on any atom is 0.207 e. The van der Waals surface area contributed by atoms with Crippen LogP contribution in [-0.4, -0.2) is 48.4 Å². The number of nitrogens with one attached hydrogen (secondary N) is 2. The van der Waals surface area contributed by atoms with E-state index in [0.717, 1.165) is 5.16 Å². The average Bonchev–Trinajstić information content (AvgIpc) is 2.97. The minimum absolute atomic E-state index is 0.0362. The molecule has 2 heterocycles. The first-order chi connectivity index (χ1) is 10.3. The summed E-state index contributed by atoms with van der Waals surface area (Å²) >= 11 is 1.73. The molecule has 3 rings (SSSR count). The van der Waals surface area contributed by atoms with E-state index in [-0.39, 0.29) is 12.6 Å². The number of aliphatic hydroxyl groups is 1. The van der Waals surface area contributed by atoms with Gasteiger partial charge in [0.1, 0.15) is 0 Å². The molecule has 1 fully saturated rings. The summed E-state index contributed by atoms with van der Waals surface area (Å²) in [6.07, 6.45) is 6.36. The summed E-state index contributed by atoms with van der Waals surface area (Å²) < 4.78 is 0. The Hall–Kier alpha value is -1.41. The molecule has 0 saturated heterocycles. The maximum absolute atomic E-state index is 9.19. The number of aliphatic hydroxyl groups excluding tert-OH is 1. The van der Waals surface area contributed by atoms with Gasteiger partial charge in [-0.3, -0.25) is 0 Å². The van der Waals surface area contributed by atoms with E-state index >= 15 is 0 Å². The van der Waals surface area contributed by atoms with Gasteiger partial charge in [-0.25, -0.2) is 4.98 Å². The van der Waals surface area contributed by atoms with Gasteiger partial charge in [-0.1, -0.05) is 31.0 Å².